The van der Waals surface area contributed by atoms with Gasteiger partial charge in [-0.2, -0.15) is 0 Å². The van der Waals surface area contributed by atoms with Crippen molar-refractivity contribution in [2.24, 2.45) is 17.8 Å². The summed E-state index contributed by atoms with van der Waals surface area (Å²) in [6, 6.07) is 0. The van der Waals surface area contributed by atoms with Crippen LogP contribution >= 0.6 is 0 Å². The van der Waals surface area contributed by atoms with Gasteiger partial charge in [-0.1, -0.05) is 0 Å². The maximum absolute atomic E-state index is 13.1. The molecule has 0 saturated carbocycles. The summed E-state index contributed by atoms with van der Waals surface area (Å²) in [5, 5.41) is 0. The third-order valence-electron chi connectivity index (χ3n) is 6.40. The predicted molar refractivity (Wildman–Crippen MR) is 134 cm³/mol. The summed E-state index contributed by atoms with van der Waals surface area (Å²) in [5.41, 5.74) is 0. The second kappa shape index (κ2) is 18.5. The topological polar surface area (TPSA) is 78.9 Å². The molecule has 0 saturated heterocycles. The Morgan fingerprint density at radius 3 is 1.00 bits per heavy atom. The molecule has 0 rings (SSSR count). The Hall–Kier alpha value is -0.791. The Bertz CT molecular complexity index is 491. The molecule has 0 N–H and O–H groups in total. The molecule has 0 heterocycles. The van der Waals surface area contributed by atoms with Crippen LogP contribution in [0.25, 0.3) is 0 Å². The molecule has 0 radical (unpaired) electrons. The number of carbonyl (C=O) groups is 3. The molecule has 0 aliphatic rings. The van der Waals surface area contributed by atoms with Crippen molar-refractivity contribution in [3.05, 3.63) is 0 Å². The van der Waals surface area contributed by atoms with Crippen molar-refractivity contribution in [3.63, 3.8) is 0 Å². The van der Waals surface area contributed by atoms with E-state index < -0.39 is 19.6 Å². The van der Waals surface area contributed by atoms with Crippen LogP contribution in [0.1, 0.15) is 126 Å². The van der Waals surface area contributed by atoms with Crippen molar-refractivity contribution >= 4 is 37.5 Å². The molecule has 0 aromatic rings. The molecule has 7 heteroatoms. The van der Waals surface area contributed by atoms with Crippen LogP contribution in [0.4, 0.5) is 0 Å². The fourth-order valence-corrected chi connectivity index (χ4v) is 9.45. The van der Waals surface area contributed by atoms with E-state index >= 15 is 0 Å². The summed E-state index contributed by atoms with van der Waals surface area (Å²) < 4.78 is 18.1. The summed E-state index contributed by atoms with van der Waals surface area (Å²) in [7, 11) is 0. The molecule has 3 atom stereocenters. The van der Waals surface area contributed by atoms with Crippen LogP contribution in [0, 0.1) is 17.8 Å². The molecule has 0 aromatic carbocycles. The minimum atomic E-state index is -4.81. The fourth-order valence-electron chi connectivity index (χ4n) is 3.81. The average molecular weight is 577 g/mol. The second-order valence-electron chi connectivity index (χ2n) is 9.04. The van der Waals surface area contributed by atoms with Crippen molar-refractivity contribution in [2.45, 2.75) is 130 Å². The van der Waals surface area contributed by atoms with E-state index in [0.717, 1.165) is 57.8 Å². The van der Waals surface area contributed by atoms with E-state index in [2.05, 4.69) is 20.8 Å². The predicted octanol–water partition coefficient (Wildman–Crippen LogP) is 7.22. The SMILES string of the molecule is CCCCC(CC)C(=O)[O][Sn]([CH2]C)([O]C(=O)C(CC)CCCC)[O]C(=O)C(CC)CCCC. The van der Waals surface area contributed by atoms with E-state index in [9.17, 15) is 14.4 Å². The van der Waals surface area contributed by atoms with Gasteiger partial charge in [-0.3, -0.25) is 0 Å². The number of rotatable bonds is 19. The summed E-state index contributed by atoms with van der Waals surface area (Å²) in [5.74, 6) is -1.95. The van der Waals surface area contributed by atoms with E-state index in [0.29, 0.717) is 19.3 Å². The number of carbonyl (C=O) groups excluding carboxylic acids is 3. The van der Waals surface area contributed by atoms with Crippen molar-refractivity contribution < 1.29 is 23.6 Å². The third-order valence-corrected chi connectivity index (χ3v) is 13.3. The van der Waals surface area contributed by atoms with Gasteiger partial charge < -0.3 is 0 Å². The van der Waals surface area contributed by atoms with Gasteiger partial charge in [-0.15, -0.1) is 0 Å². The van der Waals surface area contributed by atoms with E-state index in [-0.39, 0.29) is 40.1 Å². The molecule has 0 aromatic heterocycles. The number of unbranched alkanes of at least 4 members (excludes halogenated alkanes) is 3. The summed E-state index contributed by atoms with van der Waals surface area (Å²) in [4.78, 5) is 39.3. The van der Waals surface area contributed by atoms with Crippen LogP contribution in [0.3, 0.4) is 0 Å². The molecule has 6 nitrogen and oxygen atoms in total. The Balaban J connectivity index is 5.82. The van der Waals surface area contributed by atoms with Crippen molar-refractivity contribution in [1.82, 2.24) is 0 Å². The zero-order chi connectivity index (χ0) is 25.3. The summed E-state index contributed by atoms with van der Waals surface area (Å²) in [6.07, 6.45) is 9.84. The van der Waals surface area contributed by atoms with Gasteiger partial charge in [0.05, 0.1) is 0 Å². The first kappa shape index (κ1) is 32.2. The second-order valence-corrected chi connectivity index (χ2v) is 16.7. The molecule has 0 bridgehead atoms. The summed E-state index contributed by atoms with van der Waals surface area (Å²) >= 11 is -4.81. The molecule has 33 heavy (non-hydrogen) atoms. The van der Waals surface area contributed by atoms with Crippen LogP contribution in [0.15, 0.2) is 0 Å². The molecule has 0 aliphatic carbocycles. The minimum absolute atomic E-state index is 0.260. The zero-order valence-corrected chi connectivity index (χ0v) is 25.2. The quantitative estimate of drug-likeness (QED) is 0.151. The van der Waals surface area contributed by atoms with E-state index in [1.165, 1.54) is 0 Å². The fraction of sp³-hybridized carbons (Fsp3) is 0.885. The average Bonchev–Trinajstić information content (AvgIpc) is 2.80. The molecule has 0 fully saturated rings. The van der Waals surface area contributed by atoms with Crippen LogP contribution < -0.4 is 0 Å². The summed E-state index contributed by atoms with van der Waals surface area (Å²) in [6.45, 7) is 13.9. The van der Waals surface area contributed by atoms with Crippen molar-refractivity contribution in [2.75, 3.05) is 0 Å². The first-order valence-corrected chi connectivity index (χ1v) is 19.0. The van der Waals surface area contributed by atoms with Gasteiger partial charge >= 0.3 is 209 Å². The van der Waals surface area contributed by atoms with Gasteiger partial charge in [-0.25, -0.2) is 0 Å². The van der Waals surface area contributed by atoms with E-state index in [1.54, 1.807) is 6.92 Å². The molecule has 0 aliphatic heterocycles. The molecule has 194 valence electrons. The molecule has 0 amide bonds. The molecular formula is C26H50O6Sn. The van der Waals surface area contributed by atoms with Gasteiger partial charge in [-0.05, 0) is 0 Å². The Morgan fingerprint density at radius 2 is 0.818 bits per heavy atom. The van der Waals surface area contributed by atoms with E-state index in [4.69, 9.17) is 9.22 Å². The van der Waals surface area contributed by atoms with Crippen LogP contribution in [-0.2, 0) is 23.6 Å². The van der Waals surface area contributed by atoms with E-state index in [1.807, 2.05) is 20.8 Å². The van der Waals surface area contributed by atoms with Gasteiger partial charge in [0, 0.05) is 0 Å². The van der Waals surface area contributed by atoms with Crippen molar-refractivity contribution in [1.29, 1.82) is 0 Å². The Kier molecular flexibility index (Phi) is 18.1. The third kappa shape index (κ3) is 11.9. The van der Waals surface area contributed by atoms with Crippen molar-refractivity contribution in [3.8, 4) is 0 Å². The zero-order valence-electron chi connectivity index (χ0n) is 22.4. The maximum atomic E-state index is 13.1. The monoisotopic (exact) mass is 578 g/mol. The van der Waals surface area contributed by atoms with Crippen LogP contribution in [0.5, 0.6) is 0 Å². The van der Waals surface area contributed by atoms with Gasteiger partial charge in [0.2, 0.25) is 0 Å². The molecule has 0 spiro atoms. The number of hydrogen-bond acceptors (Lipinski definition) is 6. The Labute approximate surface area is 208 Å². The van der Waals surface area contributed by atoms with Crippen LogP contribution in [-0.4, -0.2) is 37.5 Å². The first-order valence-electron chi connectivity index (χ1n) is 13.5. The normalized spacial score (nSPS) is 15.7. The molecule has 3 unspecified atom stereocenters. The first-order chi connectivity index (χ1) is 15.8. The van der Waals surface area contributed by atoms with Gasteiger partial charge in [0.1, 0.15) is 0 Å². The van der Waals surface area contributed by atoms with Gasteiger partial charge in [0.25, 0.3) is 0 Å². The van der Waals surface area contributed by atoms with Gasteiger partial charge in [0.15, 0.2) is 0 Å². The van der Waals surface area contributed by atoms with Crippen LogP contribution in [0.2, 0.25) is 4.44 Å². The molecular weight excluding hydrogens is 527 g/mol. The standard InChI is InChI=1S/3C8H16O2.C2H5.Sn/c3*1-3-5-6-7(4-2)8(9)10;1-2;/h3*7H,3-6H2,1-2H3,(H,9,10);1H2,2H3;/q;;;;+3/p-3. The Morgan fingerprint density at radius 1 is 0.545 bits per heavy atom. The number of hydrogen-bond donors (Lipinski definition) is 0.